The van der Waals surface area contributed by atoms with E-state index in [0.29, 0.717) is 16.5 Å². The molecule has 0 saturated carbocycles. The van der Waals surface area contributed by atoms with Crippen LogP contribution in [-0.4, -0.2) is 13.4 Å². The maximum absolute atomic E-state index is 15.0. The number of hydrogen-bond acceptors (Lipinski definition) is 4. The van der Waals surface area contributed by atoms with Crippen LogP contribution in [0, 0.1) is 17.6 Å². The van der Waals surface area contributed by atoms with Gasteiger partial charge in [0.05, 0.1) is 26.8 Å². The molecule has 0 fully saturated rings. The predicted octanol–water partition coefficient (Wildman–Crippen LogP) is 7.21. The predicted molar refractivity (Wildman–Crippen MR) is 129 cm³/mol. The Hall–Kier alpha value is -2.55. The number of aromatic nitrogens is 1. The van der Waals surface area contributed by atoms with E-state index in [1.165, 1.54) is 35.6 Å². The monoisotopic (exact) mass is 506 g/mol. The topological polar surface area (TPSA) is 50.3 Å². The summed E-state index contributed by atoms with van der Waals surface area (Å²) in [4.78, 5) is 4.58. The fourth-order valence-electron chi connectivity index (χ4n) is 3.62. The summed E-state index contributed by atoms with van der Waals surface area (Å²) < 4.78 is 58.9. The van der Waals surface area contributed by atoms with Gasteiger partial charge >= 0.3 is 0 Å². The molecule has 172 valence electrons. The van der Waals surface area contributed by atoms with Gasteiger partial charge in [-0.15, -0.1) is 11.3 Å². The van der Waals surface area contributed by atoms with Crippen LogP contribution in [0.15, 0.2) is 71.6 Å². The van der Waals surface area contributed by atoms with Gasteiger partial charge in [-0.3, -0.25) is 4.31 Å². The minimum atomic E-state index is -4.31. The molecule has 0 N–H and O–H groups in total. The smallest absolute Gasteiger partial charge is 0.253 e. The average Bonchev–Trinajstić information content (AvgIpc) is 3.20. The Morgan fingerprint density at radius 1 is 1.03 bits per heavy atom. The summed E-state index contributed by atoms with van der Waals surface area (Å²) in [5.41, 5.74) is 0.352. The summed E-state index contributed by atoms with van der Waals surface area (Å²) in [7, 11) is -4.31. The van der Waals surface area contributed by atoms with E-state index in [2.05, 4.69) is 4.98 Å². The van der Waals surface area contributed by atoms with Gasteiger partial charge in [-0.25, -0.2) is 22.2 Å². The second-order valence-corrected chi connectivity index (χ2v) is 11.3. The molecule has 0 aliphatic heterocycles. The van der Waals surface area contributed by atoms with E-state index in [1.807, 2.05) is 38.1 Å². The fourth-order valence-corrected chi connectivity index (χ4v) is 6.51. The van der Waals surface area contributed by atoms with Crippen LogP contribution in [0.4, 0.5) is 14.5 Å². The van der Waals surface area contributed by atoms with Crippen molar-refractivity contribution in [1.29, 1.82) is 0 Å². The summed E-state index contributed by atoms with van der Waals surface area (Å²) in [6.07, 6.45) is 0.350. The van der Waals surface area contributed by atoms with Crippen LogP contribution in [0.3, 0.4) is 0 Å². The Kier molecular flexibility index (Phi) is 6.70. The van der Waals surface area contributed by atoms with Crippen molar-refractivity contribution in [3.05, 3.63) is 88.4 Å². The number of benzene rings is 3. The number of halogens is 3. The zero-order valence-corrected chi connectivity index (χ0v) is 20.3. The molecule has 0 amide bonds. The maximum atomic E-state index is 15.0. The minimum Gasteiger partial charge on any atom is -0.253 e. The van der Waals surface area contributed by atoms with E-state index in [-0.39, 0.29) is 16.5 Å². The van der Waals surface area contributed by atoms with Crippen molar-refractivity contribution in [2.24, 2.45) is 5.92 Å². The summed E-state index contributed by atoms with van der Waals surface area (Å²) in [5.74, 6) is -1.54. The molecular formula is C24H21ClF2N2O2S2. The first kappa shape index (κ1) is 23.6. The van der Waals surface area contributed by atoms with E-state index >= 15 is 4.39 Å². The molecule has 0 radical (unpaired) electrons. The van der Waals surface area contributed by atoms with Gasteiger partial charge in [-0.05, 0) is 60.9 Å². The van der Waals surface area contributed by atoms with E-state index in [0.717, 1.165) is 32.7 Å². The van der Waals surface area contributed by atoms with E-state index in [4.69, 9.17) is 11.6 Å². The van der Waals surface area contributed by atoms with Crippen LogP contribution in [0.1, 0.15) is 31.3 Å². The molecule has 0 bridgehead atoms. The number of anilines is 1. The normalized spacial score (nSPS) is 12.9. The Balaban J connectivity index is 1.97. The van der Waals surface area contributed by atoms with Gasteiger partial charge in [0.1, 0.15) is 16.6 Å². The molecule has 1 unspecified atom stereocenters. The highest BCUT2D eigenvalue weighted by Crippen LogP contribution is 2.41. The summed E-state index contributed by atoms with van der Waals surface area (Å²) in [6.45, 7) is 3.88. The summed E-state index contributed by atoms with van der Waals surface area (Å²) in [6, 6.07) is 15.0. The van der Waals surface area contributed by atoms with Crippen LogP contribution >= 0.6 is 22.9 Å². The third kappa shape index (κ3) is 4.88. The Morgan fingerprint density at radius 3 is 2.39 bits per heavy atom. The molecule has 0 aliphatic rings. The minimum absolute atomic E-state index is 0.0431. The van der Waals surface area contributed by atoms with Crippen molar-refractivity contribution < 1.29 is 17.2 Å². The lowest BCUT2D eigenvalue weighted by Gasteiger charge is -2.33. The lowest BCUT2D eigenvalue weighted by atomic mass is 10.0. The molecular weight excluding hydrogens is 486 g/mol. The molecule has 33 heavy (non-hydrogen) atoms. The molecule has 0 aliphatic carbocycles. The molecule has 3 aromatic carbocycles. The standard InChI is InChI=1S/C24H21ClF2N2O2S2/c1-15(2)13-22(24-28-20-5-3-4-6-23(20)32-24)29(21-14-17(26)9-12-19(21)27)33(30,31)18-10-7-16(25)8-11-18/h3-12,14-15,22H,13H2,1-2H3. The van der Waals surface area contributed by atoms with Gasteiger partial charge in [0.15, 0.2) is 0 Å². The Bertz CT molecular complexity index is 1360. The molecule has 4 rings (SSSR count). The highest BCUT2D eigenvalue weighted by molar-refractivity contribution is 7.92. The van der Waals surface area contributed by atoms with Crippen LogP contribution < -0.4 is 4.31 Å². The Labute approximate surface area is 200 Å². The van der Waals surface area contributed by atoms with Gasteiger partial charge in [0, 0.05) is 11.1 Å². The van der Waals surface area contributed by atoms with Crippen LogP contribution in [0.5, 0.6) is 0 Å². The molecule has 1 atom stereocenters. The maximum Gasteiger partial charge on any atom is 0.265 e. The molecule has 1 aromatic heterocycles. The molecule has 4 aromatic rings. The summed E-state index contributed by atoms with van der Waals surface area (Å²) in [5, 5.41) is 0.869. The van der Waals surface area contributed by atoms with Gasteiger partial charge < -0.3 is 0 Å². The lowest BCUT2D eigenvalue weighted by molar-refractivity contribution is 0.493. The van der Waals surface area contributed by atoms with Gasteiger partial charge in [-0.2, -0.15) is 0 Å². The first-order valence-corrected chi connectivity index (χ1v) is 12.9. The first-order chi connectivity index (χ1) is 15.7. The molecule has 0 saturated heterocycles. The third-order valence-electron chi connectivity index (χ3n) is 5.09. The van der Waals surface area contributed by atoms with Crippen molar-refractivity contribution in [2.75, 3.05) is 4.31 Å². The van der Waals surface area contributed by atoms with Gasteiger partial charge in [-0.1, -0.05) is 37.6 Å². The number of thiazole rings is 1. The second kappa shape index (κ2) is 9.37. The largest absolute Gasteiger partial charge is 0.265 e. The molecule has 0 spiro atoms. The number of nitrogens with zero attached hydrogens (tertiary/aromatic N) is 2. The van der Waals surface area contributed by atoms with E-state index in [9.17, 15) is 12.8 Å². The van der Waals surface area contributed by atoms with Crippen molar-refractivity contribution in [1.82, 2.24) is 4.98 Å². The Morgan fingerprint density at radius 2 is 1.73 bits per heavy atom. The van der Waals surface area contributed by atoms with Crippen molar-refractivity contribution >= 4 is 48.9 Å². The number of hydrogen-bond donors (Lipinski definition) is 0. The molecule has 1 heterocycles. The van der Waals surface area contributed by atoms with Crippen LogP contribution in [-0.2, 0) is 10.0 Å². The highest BCUT2D eigenvalue weighted by Gasteiger charge is 2.37. The second-order valence-electron chi connectivity index (χ2n) is 8.02. The van der Waals surface area contributed by atoms with E-state index in [1.54, 1.807) is 0 Å². The van der Waals surface area contributed by atoms with Gasteiger partial charge in [0.25, 0.3) is 10.0 Å². The summed E-state index contributed by atoms with van der Waals surface area (Å²) >= 11 is 7.29. The average molecular weight is 507 g/mol. The van der Waals surface area contributed by atoms with Crippen molar-refractivity contribution in [3.63, 3.8) is 0 Å². The number of rotatable bonds is 7. The highest BCUT2D eigenvalue weighted by atomic mass is 35.5. The van der Waals surface area contributed by atoms with Crippen molar-refractivity contribution in [3.8, 4) is 0 Å². The number of fused-ring (bicyclic) bond motifs is 1. The molecule has 4 nitrogen and oxygen atoms in total. The van der Waals surface area contributed by atoms with Crippen LogP contribution in [0.25, 0.3) is 10.2 Å². The van der Waals surface area contributed by atoms with Gasteiger partial charge in [0.2, 0.25) is 0 Å². The first-order valence-electron chi connectivity index (χ1n) is 10.3. The number of sulfonamides is 1. The van der Waals surface area contributed by atoms with Crippen molar-refractivity contribution in [2.45, 2.75) is 31.2 Å². The number of para-hydroxylation sites is 1. The van der Waals surface area contributed by atoms with E-state index < -0.39 is 27.7 Å². The quantitative estimate of drug-likeness (QED) is 0.266. The zero-order valence-electron chi connectivity index (χ0n) is 17.9. The van der Waals surface area contributed by atoms with Crippen LogP contribution in [0.2, 0.25) is 5.02 Å². The lowest BCUT2D eigenvalue weighted by Crippen LogP contribution is -2.36. The zero-order chi connectivity index (χ0) is 23.8. The third-order valence-corrected chi connectivity index (χ3v) is 8.32. The SMILES string of the molecule is CC(C)CC(c1nc2ccccc2s1)N(c1cc(F)ccc1F)S(=O)(=O)c1ccc(Cl)cc1. The molecule has 9 heteroatoms. The fraction of sp³-hybridized carbons (Fsp3) is 0.208.